The number of amidine groups is 1. The fourth-order valence-electron chi connectivity index (χ4n) is 1.05. The molecule has 1 atom stereocenters. The van der Waals surface area contributed by atoms with Crippen molar-refractivity contribution in [3.63, 3.8) is 0 Å². The van der Waals surface area contributed by atoms with Crippen molar-refractivity contribution in [3.05, 3.63) is 0 Å². The lowest BCUT2D eigenvalue weighted by molar-refractivity contribution is 0.801. The summed E-state index contributed by atoms with van der Waals surface area (Å²) >= 11 is 1.95. The average molecular weight is 144 g/mol. The van der Waals surface area contributed by atoms with Crippen LogP contribution in [0, 0.1) is 5.41 Å². The second-order valence-corrected chi connectivity index (χ2v) is 3.77. The van der Waals surface area contributed by atoms with Crippen molar-refractivity contribution in [3.8, 4) is 0 Å². The van der Waals surface area contributed by atoms with Crippen LogP contribution in [0.1, 0.15) is 19.3 Å². The van der Waals surface area contributed by atoms with E-state index in [-0.39, 0.29) is 0 Å². The highest BCUT2D eigenvalue weighted by Gasteiger charge is 2.15. The van der Waals surface area contributed by atoms with Crippen LogP contribution in [-0.2, 0) is 0 Å². The second-order valence-electron chi connectivity index (χ2n) is 2.36. The first-order chi connectivity index (χ1) is 4.29. The summed E-state index contributed by atoms with van der Waals surface area (Å²) in [5.41, 5.74) is 5.24. The molecule has 9 heavy (non-hydrogen) atoms. The Labute approximate surface area is 59.7 Å². The van der Waals surface area contributed by atoms with Crippen LogP contribution in [0.3, 0.4) is 0 Å². The molecule has 0 bridgehead atoms. The molecule has 2 nitrogen and oxygen atoms in total. The third-order valence-corrected chi connectivity index (χ3v) is 2.87. The summed E-state index contributed by atoms with van der Waals surface area (Å²) in [7, 11) is 0. The Balaban J connectivity index is 2.19. The number of thioether (sulfide) groups is 1. The second kappa shape index (κ2) is 3.11. The third-order valence-electron chi connectivity index (χ3n) is 1.47. The molecular formula is C6H12N2S. The van der Waals surface area contributed by atoms with Gasteiger partial charge in [0.05, 0.1) is 5.84 Å². The summed E-state index contributed by atoms with van der Waals surface area (Å²) < 4.78 is 0. The van der Waals surface area contributed by atoms with Gasteiger partial charge >= 0.3 is 0 Å². The van der Waals surface area contributed by atoms with Crippen LogP contribution < -0.4 is 5.73 Å². The molecule has 0 spiro atoms. The van der Waals surface area contributed by atoms with Crippen LogP contribution in [0.15, 0.2) is 0 Å². The van der Waals surface area contributed by atoms with Gasteiger partial charge in [0, 0.05) is 11.7 Å². The van der Waals surface area contributed by atoms with Crippen molar-refractivity contribution in [2.24, 2.45) is 5.73 Å². The van der Waals surface area contributed by atoms with Gasteiger partial charge in [0.25, 0.3) is 0 Å². The molecule has 1 unspecified atom stereocenters. The molecule has 0 aliphatic carbocycles. The third kappa shape index (κ3) is 2.26. The molecule has 0 aromatic heterocycles. The number of nitrogens with one attached hydrogen (secondary N) is 1. The van der Waals surface area contributed by atoms with E-state index in [1.807, 2.05) is 11.8 Å². The van der Waals surface area contributed by atoms with Gasteiger partial charge in [-0.1, -0.05) is 0 Å². The SMILES string of the molecule is N=C(N)CC1CCCS1. The fraction of sp³-hybridized carbons (Fsp3) is 0.833. The van der Waals surface area contributed by atoms with Crippen molar-refractivity contribution in [1.82, 2.24) is 0 Å². The summed E-state index contributed by atoms with van der Waals surface area (Å²) in [6, 6.07) is 0. The first kappa shape index (κ1) is 6.93. The maximum atomic E-state index is 7.02. The highest BCUT2D eigenvalue weighted by Crippen LogP contribution is 2.28. The van der Waals surface area contributed by atoms with Gasteiger partial charge in [-0.2, -0.15) is 11.8 Å². The summed E-state index contributed by atoms with van der Waals surface area (Å²) in [5, 5.41) is 7.68. The first-order valence-corrected chi connectivity index (χ1v) is 4.28. The van der Waals surface area contributed by atoms with Crippen LogP contribution in [0.5, 0.6) is 0 Å². The molecule has 1 heterocycles. The first-order valence-electron chi connectivity index (χ1n) is 3.23. The Morgan fingerprint density at radius 3 is 3.00 bits per heavy atom. The topological polar surface area (TPSA) is 49.9 Å². The van der Waals surface area contributed by atoms with E-state index < -0.39 is 0 Å². The maximum Gasteiger partial charge on any atom is 0.0916 e. The molecule has 3 N–H and O–H groups in total. The molecule has 0 saturated carbocycles. The van der Waals surface area contributed by atoms with Gasteiger partial charge < -0.3 is 5.73 Å². The predicted octanol–water partition coefficient (Wildman–Crippen LogP) is 1.21. The highest BCUT2D eigenvalue weighted by molar-refractivity contribution is 8.00. The molecule has 1 fully saturated rings. The Hall–Kier alpha value is -0.180. The van der Waals surface area contributed by atoms with E-state index in [4.69, 9.17) is 11.1 Å². The van der Waals surface area contributed by atoms with Gasteiger partial charge in [-0.15, -0.1) is 0 Å². The Morgan fingerprint density at radius 1 is 1.78 bits per heavy atom. The molecule has 0 aromatic carbocycles. The quantitative estimate of drug-likeness (QED) is 0.452. The molecule has 1 aliphatic heterocycles. The summed E-state index contributed by atoms with van der Waals surface area (Å²) in [6.45, 7) is 0. The minimum absolute atomic E-state index is 0.342. The molecule has 1 rings (SSSR count). The largest absolute Gasteiger partial charge is 0.388 e. The van der Waals surface area contributed by atoms with E-state index in [0.717, 1.165) is 6.42 Å². The maximum absolute atomic E-state index is 7.02. The van der Waals surface area contributed by atoms with Gasteiger partial charge in [0.1, 0.15) is 0 Å². The van der Waals surface area contributed by atoms with E-state index in [1.54, 1.807) is 0 Å². The van der Waals surface area contributed by atoms with E-state index in [0.29, 0.717) is 11.1 Å². The zero-order chi connectivity index (χ0) is 6.69. The molecule has 0 aromatic rings. The number of hydrogen-bond acceptors (Lipinski definition) is 2. The molecular weight excluding hydrogens is 132 g/mol. The Kier molecular flexibility index (Phi) is 2.39. The van der Waals surface area contributed by atoms with Crippen molar-refractivity contribution >= 4 is 17.6 Å². The molecule has 0 radical (unpaired) electrons. The van der Waals surface area contributed by atoms with E-state index >= 15 is 0 Å². The van der Waals surface area contributed by atoms with Gasteiger partial charge in [-0.05, 0) is 18.6 Å². The van der Waals surface area contributed by atoms with Crippen molar-refractivity contribution in [1.29, 1.82) is 5.41 Å². The molecule has 1 aliphatic rings. The van der Waals surface area contributed by atoms with Gasteiger partial charge in [0.2, 0.25) is 0 Å². The number of hydrogen-bond donors (Lipinski definition) is 2. The minimum Gasteiger partial charge on any atom is -0.388 e. The highest BCUT2D eigenvalue weighted by atomic mass is 32.2. The standard InChI is InChI=1S/C6H12N2S/c7-6(8)4-5-2-1-3-9-5/h5H,1-4H2,(H3,7,8). The van der Waals surface area contributed by atoms with Gasteiger partial charge in [0.15, 0.2) is 0 Å². The lowest BCUT2D eigenvalue weighted by atomic mass is 10.2. The van der Waals surface area contributed by atoms with E-state index in [1.165, 1.54) is 18.6 Å². The zero-order valence-corrected chi connectivity index (χ0v) is 6.21. The fourth-order valence-corrected chi connectivity index (χ4v) is 2.35. The number of nitrogens with two attached hydrogens (primary N) is 1. The summed E-state index contributed by atoms with van der Waals surface area (Å²) in [5.74, 6) is 1.60. The van der Waals surface area contributed by atoms with Crippen LogP contribution in [-0.4, -0.2) is 16.8 Å². The van der Waals surface area contributed by atoms with Crippen LogP contribution >= 0.6 is 11.8 Å². The minimum atomic E-state index is 0.342. The zero-order valence-electron chi connectivity index (χ0n) is 5.39. The Bertz CT molecular complexity index is 108. The molecule has 0 amide bonds. The smallest absolute Gasteiger partial charge is 0.0916 e. The average Bonchev–Trinajstić information content (AvgIpc) is 2.15. The lowest BCUT2D eigenvalue weighted by Gasteiger charge is -2.04. The van der Waals surface area contributed by atoms with E-state index in [9.17, 15) is 0 Å². The van der Waals surface area contributed by atoms with Crippen LogP contribution in [0.4, 0.5) is 0 Å². The summed E-state index contributed by atoms with van der Waals surface area (Å²) in [6.07, 6.45) is 3.36. The normalized spacial score (nSPS) is 26.4. The van der Waals surface area contributed by atoms with Gasteiger partial charge in [-0.25, -0.2) is 0 Å². The van der Waals surface area contributed by atoms with Crippen LogP contribution in [0.2, 0.25) is 0 Å². The van der Waals surface area contributed by atoms with Crippen molar-refractivity contribution in [2.45, 2.75) is 24.5 Å². The molecule has 1 saturated heterocycles. The van der Waals surface area contributed by atoms with E-state index in [2.05, 4.69) is 0 Å². The van der Waals surface area contributed by atoms with Gasteiger partial charge in [-0.3, -0.25) is 5.41 Å². The van der Waals surface area contributed by atoms with Crippen molar-refractivity contribution in [2.75, 3.05) is 5.75 Å². The molecule has 52 valence electrons. The monoisotopic (exact) mass is 144 g/mol. The van der Waals surface area contributed by atoms with Crippen molar-refractivity contribution < 1.29 is 0 Å². The predicted molar refractivity (Wildman–Crippen MR) is 42.0 cm³/mol. The Morgan fingerprint density at radius 2 is 2.56 bits per heavy atom. The molecule has 3 heteroatoms. The lowest BCUT2D eigenvalue weighted by Crippen LogP contribution is -2.15. The van der Waals surface area contributed by atoms with Crippen LogP contribution in [0.25, 0.3) is 0 Å². The number of rotatable bonds is 2. The summed E-state index contributed by atoms with van der Waals surface area (Å²) in [4.78, 5) is 0.